The summed E-state index contributed by atoms with van der Waals surface area (Å²) in [6.07, 6.45) is 0.168. The maximum Gasteiger partial charge on any atom is 0.308 e. The van der Waals surface area contributed by atoms with E-state index in [1.165, 1.54) is 0 Å². The number of rotatable bonds is 7. The maximum atomic E-state index is 13.3. The molecule has 2 aliphatic heterocycles. The van der Waals surface area contributed by atoms with E-state index >= 15 is 0 Å². The number of thioether (sulfide) groups is 1. The number of thiophene rings is 1. The predicted octanol–water partition coefficient (Wildman–Crippen LogP) is 7.58. The number of carbonyl (C=O) groups excluding carboxylic acids is 1. The van der Waals surface area contributed by atoms with Crippen LogP contribution in [0.1, 0.15) is 24.3 Å². The molecule has 45 heavy (non-hydrogen) atoms. The quantitative estimate of drug-likeness (QED) is 0.169. The molecular weight excluding hydrogens is 603 g/mol. The van der Waals surface area contributed by atoms with Crippen LogP contribution in [0.5, 0.6) is 5.75 Å². The van der Waals surface area contributed by atoms with Gasteiger partial charge in [-0.2, -0.15) is 11.8 Å². The number of carbonyl (C=O) groups is 1. The number of fused-ring (bicyclic) bond motifs is 3. The lowest BCUT2D eigenvalue weighted by Gasteiger charge is -2.42. The molecule has 0 bridgehead atoms. The fourth-order valence-electron chi connectivity index (χ4n) is 6.01. The summed E-state index contributed by atoms with van der Waals surface area (Å²) in [5, 5.41) is 10.5. The van der Waals surface area contributed by atoms with E-state index in [2.05, 4.69) is 34.1 Å². The van der Waals surface area contributed by atoms with Crippen LogP contribution in [0.25, 0.3) is 32.6 Å². The summed E-state index contributed by atoms with van der Waals surface area (Å²) in [6, 6.07) is 28.1. The Morgan fingerprint density at radius 2 is 1.60 bits per heavy atom. The van der Waals surface area contributed by atoms with Crippen LogP contribution in [-0.4, -0.2) is 65.3 Å². The topological polar surface area (TPSA) is 80.1 Å². The van der Waals surface area contributed by atoms with Crippen LogP contribution in [0.2, 0.25) is 0 Å². The first-order valence-electron chi connectivity index (χ1n) is 15.1. The molecular formula is C35H33N5O3S2. The van der Waals surface area contributed by atoms with Crippen LogP contribution >= 0.6 is 23.1 Å². The monoisotopic (exact) mass is 635 g/mol. The van der Waals surface area contributed by atoms with Crippen LogP contribution in [0.4, 0.5) is 11.4 Å². The van der Waals surface area contributed by atoms with E-state index in [-0.39, 0.29) is 18.4 Å². The Labute approximate surface area is 270 Å². The minimum Gasteiger partial charge on any atom is -0.497 e. The Balaban J connectivity index is 1.51. The predicted molar refractivity (Wildman–Crippen MR) is 184 cm³/mol. The fraction of sp³-hybridized carbons (Fsp3) is 0.257. The third-order valence-corrected chi connectivity index (χ3v) is 10.2. The number of hydrogen-bond acceptors (Lipinski definition) is 10. The Kier molecular flexibility index (Phi) is 8.41. The summed E-state index contributed by atoms with van der Waals surface area (Å²) >= 11 is 3.51. The van der Waals surface area contributed by atoms with Crippen molar-refractivity contribution in [3.8, 4) is 28.1 Å². The number of hydrogen-bond donors (Lipinski definition) is 0. The van der Waals surface area contributed by atoms with E-state index in [1.54, 1.807) is 18.4 Å². The zero-order chi connectivity index (χ0) is 30.8. The molecule has 0 amide bonds. The zero-order valence-corrected chi connectivity index (χ0v) is 26.8. The minimum atomic E-state index is -0.350. The maximum absolute atomic E-state index is 13.3. The summed E-state index contributed by atoms with van der Waals surface area (Å²) in [5.41, 5.74) is 5.62. The van der Waals surface area contributed by atoms with E-state index in [0.29, 0.717) is 6.61 Å². The molecule has 8 nitrogen and oxygen atoms in total. The molecule has 0 aliphatic carbocycles. The molecule has 10 heteroatoms. The Morgan fingerprint density at radius 3 is 2.27 bits per heavy atom. The van der Waals surface area contributed by atoms with Gasteiger partial charge >= 0.3 is 5.97 Å². The summed E-state index contributed by atoms with van der Waals surface area (Å²) < 4.78 is 11.0. The van der Waals surface area contributed by atoms with Crippen LogP contribution in [-0.2, 0) is 9.53 Å². The van der Waals surface area contributed by atoms with Crippen molar-refractivity contribution in [3.05, 3.63) is 89.8 Å². The lowest BCUT2D eigenvalue weighted by atomic mass is 9.95. The lowest BCUT2D eigenvalue weighted by Crippen LogP contribution is -2.50. The highest BCUT2D eigenvalue weighted by Crippen LogP contribution is 2.52. The highest BCUT2D eigenvalue weighted by molar-refractivity contribution is 7.99. The second kappa shape index (κ2) is 12.9. The Hall–Kier alpha value is -4.41. The third-order valence-electron chi connectivity index (χ3n) is 8.08. The number of esters is 1. The van der Waals surface area contributed by atoms with Gasteiger partial charge in [0.25, 0.3) is 0 Å². The molecule has 1 atom stereocenters. The van der Waals surface area contributed by atoms with Crippen molar-refractivity contribution in [2.24, 2.45) is 4.99 Å². The fourth-order valence-corrected chi connectivity index (χ4v) is 8.07. The summed E-state index contributed by atoms with van der Waals surface area (Å²) in [5.74, 6) is 3.37. The summed E-state index contributed by atoms with van der Waals surface area (Å²) in [7, 11) is 1.66. The van der Waals surface area contributed by atoms with Gasteiger partial charge in [-0.15, -0.1) is 21.5 Å². The van der Waals surface area contributed by atoms with Crippen molar-refractivity contribution in [1.82, 2.24) is 15.1 Å². The van der Waals surface area contributed by atoms with Crippen molar-refractivity contribution >= 4 is 56.6 Å². The van der Waals surface area contributed by atoms with Gasteiger partial charge in [-0.05, 0) is 36.8 Å². The smallest absolute Gasteiger partial charge is 0.308 e. The van der Waals surface area contributed by atoms with Gasteiger partial charge in [0.15, 0.2) is 0 Å². The van der Waals surface area contributed by atoms with Gasteiger partial charge in [-0.25, -0.2) is 4.99 Å². The average molecular weight is 636 g/mol. The number of aromatic nitrogens is 2. The van der Waals surface area contributed by atoms with Crippen LogP contribution in [0, 0.1) is 0 Å². The van der Waals surface area contributed by atoms with E-state index in [9.17, 15) is 4.79 Å². The molecule has 4 heterocycles. The van der Waals surface area contributed by atoms with Gasteiger partial charge in [-0.1, -0.05) is 60.7 Å². The number of guanidine groups is 1. The van der Waals surface area contributed by atoms with Gasteiger partial charge in [0.05, 0.1) is 36.7 Å². The third kappa shape index (κ3) is 5.64. The number of aliphatic imine (C=N–C) groups is 1. The number of benzene rings is 3. The molecule has 7 rings (SSSR count). The molecule has 5 aromatic rings. The van der Waals surface area contributed by atoms with Gasteiger partial charge < -0.3 is 19.3 Å². The molecule has 0 saturated carbocycles. The molecule has 0 radical (unpaired) electrons. The van der Waals surface area contributed by atoms with Crippen molar-refractivity contribution < 1.29 is 14.3 Å². The first kappa shape index (κ1) is 29.3. The number of nitrogens with zero attached hydrogens (tertiary/aromatic N) is 5. The standard InChI is InChI=1S/C35H33N5O3S2/c1-3-43-28(41)22-27-33-32(36-35(39-18-20-44-21-19-39)40(27)25-14-16-26(42-2)17-15-25)30-29(23-10-6-4-7-11-23)31(37-38-34(30)45-33)24-12-8-5-9-13-24/h4-17,27H,3,18-22H2,1-2H3. The molecule has 0 spiro atoms. The van der Waals surface area contributed by atoms with Crippen molar-refractivity contribution in [1.29, 1.82) is 0 Å². The molecule has 1 fully saturated rings. The molecule has 2 aromatic heterocycles. The molecule has 0 N–H and O–H groups in total. The molecule has 1 unspecified atom stereocenters. The summed E-state index contributed by atoms with van der Waals surface area (Å²) in [4.78, 5) is 25.1. The van der Waals surface area contributed by atoms with Gasteiger partial charge in [0.2, 0.25) is 5.96 Å². The molecule has 228 valence electrons. The van der Waals surface area contributed by atoms with Crippen molar-refractivity contribution in [3.63, 3.8) is 0 Å². The van der Waals surface area contributed by atoms with Gasteiger partial charge in [-0.3, -0.25) is 4.79 Å². The highest BCUT2D eigenvalue weighted by atomic mass is 32.2. The van der Waals surface area contributed by atoms with Crippen LogP contribution in [0.3, 0.4) is 0 Å². The second-order valence-corrected chi connectivity index (χ2v) is 13.0. The Bertz CT molecular complexity index is 1840. The summed E-state index contributed by atoms with van der Waals surface area (Å²) in [6.45, 7) is 3.89. The average Bonchev–Trinajstić information content (AvgIpc) is 3.48. The van der Waals surface area contributed by atoms with Crippen LogP contribution in [0.15, 0.2) is 89.9 Å². The molecule has 1 saturated heterocycles. The number of ether oxygens (including phenoxy) is 2. The van der Waals surface area contributed by atoms with Crippen LogP contribution < -0.4 is 9.64 Å². The normalized spacial score (nSPS) is 16.3. The van der Waals surface area contributed by atoms with E-state index in [1.807, 2.05) is 79.3 Å². The number of anilines is 1. The van der Waals surface area contributed by atoms with Gasteiger partial charge in [0, 0.05) is 46.8 Å². The first-order chi connectivity index (χ1) is 22.2. The second-order valence-electron chi connectivity index (χ2n) is 10.8. The minimum absolute atomic E-state index is 0.168. The van der Waals surface area contributed by atoms with E-state index in [4.69, 9.17) is 24.7 Å². The van der Waals surface area contributed by atoms with Gasteiger partial charge in [0.1, 0.15) is 16.3 Å². The largest absolute Gasteiger partial charge is 0.497 e. The first-order valence-corrected chi connectivity index (χ1v) is 17.1. The van der Waals surface area contributed by atoms with Crippen molar-refractivity contribution in [2.75, 3.05) is 43.2 Å². The SMILES string of the molecule is CCOC(=O)CC1c2sc3nnc(-c4ccccc4)c(-c4ccccc4)c3c2N=C(N2CCSCC2)N1c1ccc(OC)cc1. The van der Waals surface area contributed by atoms with E-state index in [0.717, 1.165) is 85.2 Å². The lowest BCUT2D eigenvalue weighted by molar-refractivity contribution is -0.143. The Morgan fingerprint density at radius 1 is 0.911 bits per heavy atom. The van der Waals surface area contributed by atoms with E-state index < -0.39 is 0 Å². The number of methoxy groups -OCH3 is 1. The molecule has 2 aliphatic rings. The molecule has 3 aromatic carbocycles. The zero-order valence-electron chi connectivity index (χ0n) is 25.2. The van der Waals surface area contributed by atoms with Crippen molar-refractivity contribution in [2.45, 2.75) is 19.4 Å². The highest BCUT2D eigenvalue weighted by Gasteiger charge is 2.39.